The van der Waals surface area contributed by atoms with Crippen molar-refractivity contribution < 1.29 is 4.79 Å². The Kier molecular flexibility index (Phi) is 4.86. The van der Waals surface area contributed by atoms with E-state index in [0.29, 0.717) is 15.2 Å². The largest absolute Gasteiger partial charge is 0.305 e. The van der Waals surface area contributed by atoms with E-state index in [1.54, 1.807) is 19.1 Å². The predicted molar refractivity (Wildman–Crippen MR) is 83.9 cm³/mol. The van der Waals surface area contributed by atoms with E-state index < -0.39 is 5.91 Å². The Morgan fingerprint density at radius 1 is 1.25 bits per heavy atom. The molecule has 8 heteroatoms. The molecule has 1 amide bonds. The summed E-state index contributed by atoms with van der Waals surface area (Å²) in [4.78, 5) is 20.2. The van der Waals surface area contributed by atoms with Crippen molar-refractivity contribution in [2.24, 2.45) is 0 Å². The average Bonchev–Trinajstić information content (AvgIpc) is 2.31. The summed E-state index contributed by atoms with van der Waals surface area (Å²) in [6, 6.07) is 3.17. The molecule has 4 nitrogen and oxygen atoms in total. The first-order chi connectivity index (χ1) is 9.38. The highest BCUT2D eigenvalue weighted by Crippen LogP contribution is 2.27. The topological polar surface area (TPSA) is 54.9 Å². The lowest BCUT2D eigenvalue weighted by atomic mass is 10.2. The standard InChI is InChI=1S/C12H7BrCl3N3O/c1-5-2-7(14)9(10(16)18-5)12(20)19-11-8(15)3-6(13)4-17-11/h2-4H,1H3,(H,17,19,20). The number of nitrogens with one attached hydrogen (secondary N) is 1. The number of hydrogen-bond acceptors (Lipinski definition) is 3. The van der Waals surface area contributed by atoms with Gasteiger partial charge in [0.25, 0.3) is 5.91 Å². The number of amides is 1. The number of halogens is 4. The summed E-state index contributed by atoms with van der Waals surface area (Å²) in [6.07, 6.45) is 1.51. The van der Waals surface area contributed by atoms with Crippen molar-refractivity contribution in [3.63, 3.8) is 0 Å². The van der Waals surface area contributed by atoms with Crippen LogP contribution in [0.15, 0.2) is 22.8 Å². The van der Waals surface area contributed by atoms with E-state index in [9.17, 15) is 4.79 Å². The molecule has 0 spiro atoms. The van der Waals surface area contributed by atoms with Crippen molar-refractivity contribution in [3.8, 4) is 0 Å². The number of aryl methyl sites for hydroxylation is 1. The van der Waals surface area contributed by atoms with E-state index in [1.165, 1.54) is 6.20 Å². The zero-order chi connectivity index (χ0) is 14.9. The maximum atomic E-state index is 12.2. The van der Waals surface area contributed by atoms with E-state index >= 15 is 0 Å². The third-order valence-corrected chi connectivity index (χ3v) is 3.62. The average molecular weight is 395 g/mol. The van der Waals surface area contributed by atoms with E-state index in [2.05, 4.69) is 31.2 Å². The molecule has 2 aromatic heterocycles. The molecule has 104 valence electrons. The van der Waals surface area contributed by atoms with Gasteiger partial charge in [0.05, 0.1) is 15.6 Å². The van der Waals surface area contributed by atoms with Crippen molar-refractivity contribution >= 4 is 62.5 Å². The molecule has 0 saturated heterocycles. The Bertz CT molecular complexity index is 671. The third-order valence-electron chi connectivity index (χ3n) is 2.32. The van der Waals surface area contributed by atoms with Crippen LogP contribution >= 0.6 is 50.7 Å². The Labute approximate surface area is 138 Å². The fraction of sp³-hybridized carbons (Fsp3) is 0.0833. The van der Waals surface area contributed by atoms with Gasteiger partial charge < -0.3 is 5.32 Å². The molecule has 0 fully saturated rings. The van der Waals surface area contributed by atoms with Crippen LogP contribution in [0.1, 0.15) is 16.1 Å². The monoisotopic (exact) mass is 393 g/mol. The van der Waals surface area contributed by atoms with Gasteiger partial charge in [0, 0.05) is 16.4 Å². The van der Waals surface area contributed by atoms with Crippen molar-refractivity contribution in [1.29, 1.82) is 0 Å². The molecule has 0 aliphatic heterocycles. The van der Waals surface area contributed by atoms with Crippen LogP contribution in [0.25, 0.3) is 0 Å². The zero-order valence-electron chi connectivity index (χ0n) is 10.0. The molecule has 0 radical (unpaired) electrons. The molecule has 0 saturated carbocycles. The third kappa shape index (κ3) is 3.41. The second-order valence-electron chi connectivity index (χ2n) is 3.85. The summed E-state index contributed by atoms with van der Waals surface area (Å²) in [5.74, 6) is -0.309. The Morgan fingerprint density at radius 2 is 1.95 bits per heavy atom. The summed E-state index contributed by atoms with van der Waals surface area (Å²) in [6.45, 7) is 1.73. The maximum absolute atomic E-state index is 12.2. The van der Waals surface area contributed by atoms with Crippen LogP contribution < -0.4 is 5.32 Å². The number of aromatic nitrogens is 2. The number of carbonyl (C=O) groups excluding carboxylic acids is 1. The van der Waals surface area contributed by atoms with Crippen LogP contribution in [0.2, 0.25) is 15.2 Å². The second-order valence-corrected chi connectivity index (χ2v) is 5.94. The van der Waals surface area contributed by atoms with Gasteiger partial charge in [0.2, 0.25) is 0 Å². The molecule has 0 aliphatic carbocycles. The number of hydrogen-bond donors (Lipinski definition) is 1. The van der Waals surface area contributed by atoms with Gasteiger partial charge in [-0.1, -0.05) is 34.8 Å². The van der Waals surface area contributed by atoms with Gasteiger partial charge in [-0.3, -0.25) is 4.79 Å². The molecular weight excluding hydrogens is 388 g/mol. The fourth-order valence-electron chi connectivity index (χ4n) is 1.48. The van der Waals surface area contributed by atoms with Crippen molar-refractivity contribution in [1.82, 2.24) is 9.97 Å². The zero-order valence-corrected chi connectivity index (χ0v) is 13.9. The van der Waals surface area contributed by atoms with E-state index in [0.717, 1.165) is 0 Å². The Morgan fingerprint density at radius 3 is 2.55 bits per heavy atom. The van der Waals surface area contributed by atoms with Gasteiger partial charge in [-0.25, -0.2) is 9.97 Å². The van der Waals surface area contributed by atoms with Crippen LogP contribution in [0.4, 0.5) is 5.82 Å². The predicted octanol–water partition coefficient (Wildman–Crippen LogP) is 4.76. The number of anilines is 1. The first-order valence-electron chi connectivity index (χ1n) is 5.33. The second kappa shape index (κ2) is 6.26. The van der Waals surface area contributed by atoms with Crippen LogP contribution in [0, 0.1) is 6.92 Å². The van der Waals surface area contributed by atoms with E-state index in [-0.39, 0.29) is 21.6 Å². The highest BCUT2D eigenvalue weighted by molar-refractivity contribution is 9.10. The molecule has 0 bridgehead atoms. The van der Waals surface area contributed by atoms with Gasteiger partial charge in [-0.05, 0) is 35.0 Å². The SMILES string of the molecule is Cc1cc(Cl)c(C(=O)Nc2ncc(Br)cc2Cl)c(Cl)n1. The van der Waals surface area contributed by atoms with Gasteiger partial charge in [0.1, 0.15) is 5.15 Å². The molecule has 2 rings (SSSR count). The molecule has 0 unspecified atom stereocenters. The van der Waals surface area contributed by atoms with Crippen LogP contribution in [0.5, 0.6) is 0 Å². The molecule has 2 heterocycles. The Hall–Kier alpha value is -0.880. The summed E-state index contributed by atoms with van der Waals surface area (Å²) in [5, 5.41) is 3.08. The van der Waals surface area contributed by atoms with Crippen LogP contribution in [0.3, 0.4) is 0 Å². The quantitative estimate of drug-likeness (QED) is 0.746. The van der Waals surface area contributed by atoms with E-state index in [4.69, 9.17) is 34.8 Å². The van der Waals surface area contributed by atoms with Gasteiger partial charge in [-0.15, -0.1) is 0 Å². The number of nitrogens with zero attached hydrogens (tertiary/aromatic N) is 2. The van der Waals surface area contributed by atoms with Gasteiger partial charge in [0.15, 0.2) is 5.82 Å². The minimum Gasteiger partial charge on any atom is -0.305 e. The maximum Gasteiger partial charge on any atom is 0.261 e. The molecular formula is C12H7BrCl3N3O. The first kappa shape index (κ1) is 15.5. The summed E-state index contributed by atoms with van der Waals surface area (Å²) in [5.41, 5.74) is 0.705. The lowest BCUT2D eigenvalue weighted by Gasteiger charge is -2.09. The molecule has 1 N–H and O–H groups in total. The smallest absolute Gasteiger partial charge is 0.261 e. The number of pyridine rings is 2. The highest BCUT2D eigenvalue weighted by atomic mass is 79.9. The number of rotatable bonds is 2. The normalized spacial score (nSPS) is 10.4. The summed E-state index contributed by atoms with van der Waals surface area (Å²) < 4.78 is 0.702. The van der Waals surface area contributed by atoms with Gasteiger partial charge >= 0.3 is 0 Å². The summed E-state index contributed by atoms with van der Waals surface area (Å²) >= 11 is 21.2. The molecule has 0 atom stereocenters. The Balaban J connectivity index is 2.33. The molecule has 0 aliphatic rings. The van der Waals surface area contributed by atoms with Crippen molar-refractivity contribution in [3.05, 3.63) is 49.3 Å². The van der Waals surface area contributed by atoms with E-state index in [1.807, 2.05) is 0 Å². The molecule has 0 aromatic carbocycles. The lowest BCUT2D eigenvalue weighted by Crippen LogP contribution is -2.15. The lowest BCUT2D eigenvalue weighted by molar-refractivity contribution is 0.102. The van der Waals surface area contributed by atoms with Crippen molar-refractivity contribution in [2.75, 3.05) is 5.32 Å². The van der Waals surface area contributed by atoms with Crippen molar-refractivity contribution in [2.45, 2.75) is 6.92 Å². The highest BCUT2D eigenvalue weighted by Gasteiger charge is 2.18. The first-order valence-corrected chi connectivity index (χ1v) is 7.26. The minimum atomic E-state index is -0.524. The fourth-order valence-corrected chi connectivity index (χ4v) is 2.86. The van der Waals surface area contributed by atoms with Crippen LogP contribution in [-0.2, 0) is 0 Å². The molecule has 2 aromatic rings. The van der Waals surface area contributed by atoms with Crippen LogP contribution in [-0.4, -0.2) is 15.9 Å². The van der Waals surface area contributed by atoms with Gasteiger partial charge in [-0.2, -0.15) is 0 Å². The number of carbonyl (C=O) groups is 1. The summed E-state index contributed by atoms with van der Waals surface area (Å²) in [7, 11) is 0. The molecule has 20 heavy (non-hydrogen) atoms. The minimum absolute atomic E-state index is 0.0285.